The molecule has 1 aromatic rings. The van der Waals surface area contributed by atoms with Crippen molar-refractivity contribution in [1.29, 1.82) is 0 Å². The van der Waals surface area contributed by atoms with Crippen LogP contribution >= 0.6 is 0 Å². The first-order valence-electron chi connectivity index (χ1n) is 5.32. The monoisotopic (exact) mass is 249 g/mol. The van der Waals surface area contributed by atoms with E-state index in [4.69, 9.17) is 0 Å². The standard InChI is InChI=1S/C13H15NO4/c1-14(9-10-6-4-3-5-7-10)12(16)8-11(15)13(17)18-2/h3-8,15H,9H2,1-2H3. The molecule has 96 valence electrons. The molecule has 0 spiro atoms. The van der Waals surface area contributed by atoms with E-state index in [1.807, 2.05) is 30.3 Å². The largest absolute Gasteiger partial charge is 0.502 e. The number of hydrogen-bond acceptors (Lipinski definition) is 4. The summed E-state index contributed by atoms with van der Waals surface area (Å²) in [5, 5.41) is 9.24. The van der Waals surface area contributed by atoms with Crippen LogP contribution in [0.25, 0.3) is 0 Å². The summed E-state index contributed by atoms with van der Waals surface area (Å²) in [6, 6.07) is 9.39. The minimum absolute atomic E-state index is 0.393. The summed E-state index contributed by atoms with van der Waals surface area (Å²) in [5.41, 5.74) is 0.958. The van der Waals surface area contributed by atoms with Gasteiger partial charge in [-0.3, -0.25) is 4.79 Å². The summed E-state index contributed by atoms with van der Waals surface area (Å²) in [4.78, 5) is 24.0. The van der Waals surface area contributed by atoms with Gasteiger partial charge in [0.05, 0.1) is 13.2 Å². The Morgan fingerprint density at radius 2 is 1.94 bits per heavy atom. The van der Waals surface area contributed by atoms with Crippen LogP contribution in [-0.2, 0) is 20.9 Å². The van der Waals surface area contributed by atoms with E-state index in [0.717, 1.165) is 18.7 Å². The second kappa shape index (κ2) is 6.44. The molecular formula is C13H15NO4. The normalized spacial score (nSPS) is 10.9. The van der Waals surface area contributed by atoms with Gasteiger partial charge in [0, 0.05) is 13.6 Å². The van der Waals surface area contributed by atoms with Crippen LogP contribution in [0.4, 0.5) is 0 Å². The van der Waals surface area contributed by atoms with Gasteiger partial charge >= 0.3 is 5.97 Å². The Bertz CT molecular complexity index is 453. The van der Waals surface area contributed by atoms with E-state index < -0.39 is 17.6 Å². The first-order chi connectivity index (χ1) is 8.54. The highest BCUT2D eigenvalue weighted by atomic mass is 16.5. The average molecular weight is 249 g/mol. The summed E-state index contributed by atoms with van der Waals surface area (Å²) in [7, 11) is 2.71. The van der Waals surface area contributed by atoms with Crippen LogP contribution in [0, 0.1) is 0 Å². The van der Waals surface area contributed by atoms with E-state index in [2.05, 4.69) is 4.74 Å². The summed E-state index contributed by atoms with van der Waals surface area (Å²) >= 11 is 0. The van der Waals surface area contributed by atoms with Crippen LogP contribution < -0.4 is 0 Å². The molecule has 1 N–H and O–H groups in total. The first-order valence-corrected chi connectivity index (χ1v) is 5.32. The van der Waals surface area contributed by atoms with Crippen molar-refractivity contribution in [2.45, 2.75) is 6.54 Å². The number of carbonyl (C=O) groups excluding carboxylic acids is 2. The molecule has 1 rings (SSSR count). The molecule has 0 fully saturated rings. The third-order valence-corrected chi connectivity index (χ3v) is 2.29. The molecule has 0 aliphatic heterocycles. The SMILES string of the molecule is COC(=O)C(O)=CC(=O)N(C)Cc1ccccc1. The van der Waals surface area contributed by atoms with E-state index in [1.54, 1.807) is 7.05 Å². The Labute approximate surface area is 105 Å². The number of ether oxygens (including phenoxy) is 1. The molecule has 5 heteroatoms. The molecule has 1 amide bonds. The van der Waals surface area contributed by atoms with Crippen molar-refractivity contribution < 1.29 is 19.4 Å². The Balaban J connectivity index is 2.65. The van der Waals surface area contributed by atoms with Gasteiger partial charge in [0.25, 0.3) is 5.91 Å². The van der Waals surface area contributed by atoms with Crippen molar-refractivity contribution in [3.05, 3.63) is 47.7 Å². The molecular weight excluding hydrogens is 234 g/mol. The van der Waals surface area contributed by atoms with E-state index in [0.29, 0.717) is 6.54 Å². The predicted molar refractivity (Wildman–Crippen MR) is 65.6 cm³/mol. The van der Waals surface area contributed by atoms with Crippen molar-refractivity contribution in [3.8, 4) is 0 Å². The van der Waals surface area contributed by atoms with Gasteiger partial charge in [-0.2, -0.15) is 0 Å². The van der Waals surface area contributed by atoms with E-state index in [9.17, 15) is 14.7 Å². The number of aliphatic hydroxyl groups is 1. The number of benzene rings is 1. The number of nitrogens with zero attached hydrogens (tertiary/aromatic N) is 1. The summed E-state index contributed by atoms with van der Waals surface area (Å²) < 4.78 is 4.28. The summed E-state index contributed by atoms with van der Waals surface area (Å²) in [6.45, 7) is 0.393. The van der Waals surface area contributed by atoms with Gasteiger partial charge in [-0.1, -0.05) is 30.3 Å². The van der Waals surface area contributed by atoms with E-state index >= 15 is 0 Å². The highest BCUT2D eigenvalue weighted by Gasteiger charge is 2.12. The molecule has 0 radical (unpaired) electrons. The van der Waals surface area contributed by atoms with Crippen molar-refractivity contribution in [1.82, 2.24) is 4.90 Å². The van der Waals surface area contributed by atoms with Gasteiger partial charge in [-0.05, 0) is 5.56 Å². The van der Waals surface area contributed by atoms with Crippen molar-refractivity contribution in [2.24, 2.45) is 0 Å². The fourth-order valence-corrected chi connectivity index (χ4v) is 1.33. The van der Waals surface area contributed by atoms with Gasteiger partial charge in [-0.15, -0.1) is 0 Å². The molecule has 0 unspecified atom stereocenters. The molecule has 1 aromatic carbocycles. The third kappa shape index (κ3) is 3.93. The number of likely N-dealkylation sites (N-methyl/N-ethyl adjacent to an activating group) is 1. The minimum atomic E-state index is -0.934. The van der Waals surface area contributed by atoms with Gasteiger partial charge in [0.2, 0.25) is 5.76 Å². The minimum Gasteiger partial charge on any atom is -0.502 e. The van der Waals surface area contributed by atoms with Crippen LogP contribution in [-0.4, -0.2) is 36.0 Å². The topological polar surface area (TPSA) is 66.8 Å². The van der Waals surface area contributed by atoms with Crippen LogP contribution in [0.2, 0.25) is 0 Å². The number of methoxy groups -OCH3 is 1. The maximum atomic E-state index is 11.7. The molecule has 0 aliphatic rings. The van der Waals surface area contributed by atoms with Gasteiger partial charge in [0.15, 0.2) is 0 Å². The van der Waals surface area contributed by atoms with Gasteiger partial charge in [0.1, 0.15) is 0 Å². The van der Waals surface area contributed by atoms with E-state index in [-0.39, 0.29) is 0 Å². The lowest BCUT2D eigenvalue weighted by Crippen LogP contribution is -2.25. The maximum Gasteiger partial charge on any atom is 0.373 e. The highest BCUT2D eigenvalue weighted by molar-refractivity contribution is 5.96. The third-order valence-electron chi connectivity index (χ3n) is 2.29. The quantitative estimate of drug-likeness (QED) is 0.495. The molecule has 0 heterocycles. The van der Waals surface area contributed by atoms with Crippen LogP contribution in [0.15, 0.2) is 42.2 Å². The fourth-order valence-electron chi connectivity index (χ4n) is 1.33. The second-order valence-corrected chi connectivity index (χ2v) is 3.70. The van der Waals surface area contributed by atoms with Crippen molar-refractivity contribution >= 4 is 11.9 Å². The van der Waals surface area contributed by atoms with Crippen molar-refractivity contribution in [2.75, 3.05) is 14.2 Å². The Hall–Kier alpha value is -2.30. The van der Waals surface area contributed by atoms with Crippen LogP contribution in [0.5, 0.6) is 0 Å². The number of hydrogen-bond donors (Lipinski definition) is 1. The molecule has 0 aromatic heterocycles. The lowest BCUT2D eigenvalue weighted by molar-refractivity contribution is -0.139. The molecule has 0 saturated heterocycles. The zero-order chi connectivity index (χ0) is 13.5. The molecule has 5 nitrogen and oxygen atoms in total. The van der Waals surface area contributed by atoms with Crippen molar-refractivity contribution in [3.63, 3.8) is 0 Å². The number of amides is 1. The number of carbonyl (C=O) groups is 2. The van der Waals surface area contributed by atoms with Crippen LogP contribution in [0.3, 0.4) is 0 Å². The molecule has 0 aliphatic carbocycles. The average Bonchev–Trinajstić information content (AvgIpc) is 2.38. The Kier molecular flexibility index (Phi) is 4.92. The van der Waals surface area contributed by atoms with Crippen LogP contribution in [0.1, 0.15) is 5.56 Å². The maximum absolute atomic E-state index is 11.7. The van der Waals surface area contributed by atoms with E-state index in [1.165, 1.54) is 4.90 Å². The summed E-state index contributed by atoms with van der Waals surface area (Å²) in [6.07, 6.45) is 0.842. The lowest BCUT2D eigenvalue weighted by atomic mass is 10.2. The fraction of sp³-hybridized carbons (Fsp3) is 0.231. The smallest absolute Gasteiger partial charge is 0.373 e. The van der Waals surface area contributed by atoms with Gasteiger partial charge in [-0.25, -0.2) is 4.79 Å². The highest BCUT2D eigenvalue weighted by Crippen LogP contribution is 2.04. The predicted octanol–water partition coefficient (Wildman–Crippen LogP) is 1.26. The number of esters is 1. The molecule has 18 heavy (non-hydrogen) atoms. The number of aliphatic hydroxyl groups excluding tert-OH is 1. The second-order valence-electron chi connectivity index (χ2n) is 3.70. The lowest BCUT2D eigenvalue weighted by Gasteiger charge is -2.15. The molecule has 0 atom stereocenters. The molecule has 0 saturated carbocycles. The zero-order valence-corrected chi connectivity index (χ0v) is 10.3. The summed E-state index contributed by atoms with van der Waals surface area (Å²) in [5.74, 6) is -2.11. The zero-order valence-electron chi connectivity index (χ0n) is 10.3. The Morgan fingerprint density at radius 3 is 2.50 bits per heavy atom. The first kappa shape index (κ1) is 13.8. The van der Waals surface area contributed by atoms with Gasteiger partial charge < -0.3 is 14.7 Å². The Morgan fingerprint density at radius 1 is 1.33 bits per heavy atom. The molecule has 0 bridgehead atoms. The number of rotatable bonds is 4.